The van der Waals surface area contributed by atoms with E-state index in [0.29, 0.717) is 5.95 Å². The smallest absolute Gasteiger partial charge is 0.227 e. The summed E-state index contributed by atoms with van der Waals surface area (Å²) in [5.74, 6) is 1.54. The molecule has 5 aromatic rings. The van der Waals surface area contributed by atoms with Crippen molar-refractivity contribution in [3.63, 3.8) is 0 Å². The summed E-state index contributed by atoms with van der Waals surface area (Å²) < 4.78 is 22.2. The highest BCUT2D eigenvalue weighted by atomic mass is 32.2. The lowest BCUT2D eigenvalue weighted by atomic mass is 10.2. The van der Waals surface area contributed by atoms with Gasteiger partial charge in [-0.2, -0.15) is 0 Å². The minimum atomic E-state index is -1.80. The number of piperazine rings is 1. The van der Waals surface area contributed by atoms with E-state index in [2.05, 4.69) is 53.3 Å². The average molecular weight is 533 g/mol. The van der Waals surface area contributed by atoms with Crippen molar-refractivity contribution in [3.8, 4) is 21.8 Å². The lowest BCUT2D eigenvalue weighted by Crippen LogP contribution is -2.47. The van der Waals surface area contributed by atoms with Crippen molar-refractivity contribution in [2.45, 2.75) is 0 Å². The Labute approximate surface area is 220 Å². The Morgan fingerprint density at radius 3 is 2.65 bits per heavy atom. The number of hydrogen-bond donors (Lipinski definition) is 2. The van der Waals surface area contributed by atoms with Crippen LogP contribution in [0, 0.1) is 0 Å². The van der Waals surface area contributed by atoms with Gasteiger partial charge in [0, 0.05) is 49.0 Å². The van der Waals surface area contributed by atoms with E-state index in [9.17, 15) is 4.21 Å². The summed E-state index contributed by atoms with van der Waals surface area (Å²) in [7, 11) is 0. The molecule has 2 N–H and O–H groups in total. The normalized spacial score (nSPS) is 15.2. The topological polar surface area (TPSA) is 112 Å². The molecular weight excluding hydrogens is 508 g/mol. The van der Waals surface area contributed by atoms with E-state index in [1.165, 1.54) is 4.88 Å². The molecule has 0 aromatic carbocycles. The van der Waals surface area contributed by atoms with Crippen molar-refractivity contribution >= 4 is 45.5 Å². The zero-order valence-electron chi connectivity index (χ0n) is 19.8. The molecule has 37 heavy (non-hydrogen) atoms. The monoisotopic (exact) mass is 532 g/mol. The molecule has 5 aromatic heterocycles. The van der Waals surface area contributed by atoms with Crippen LogP contribution in [0.25, 0.3) is 27.5 Å². The summed E-state index contributed by atoms with van der Waals surface area (Å²) in [5, 5.41) is 5.32. The van der Waals surface area contributed by atoms with E-state index in [-0.39, 0.29) is 5.88 Å². The minimum Gasteiger partial charge on any atom is -0.354 e. The maximum Gasteiger partial charge on any atom is 0.227 e. The van der Waals surface area contributed by atoms with Crippen LogP contribution in [0.1, 0.15) is 0 Å². The molecule has 1 aliphatic rings. The van der Waals surface area contributed by atoms with Crippen LogP contribution in [0.2, 0.25) is 0 Å². The highest BCUT2D eigenvalue weighted by Gasteiger charge is 2.19. The van der Waals surface area contributed by atoms with Crippen LogP contribution in [0.5, 0.6) is 0 Å². The number of hydrogen-bond acceptors (Lipinski definition) is 9. The van der Waals surface area contributed by atoms with E-state index in [1.807, 2.05) is 41.4 Å². The van der Waals surface area contributed by atoms with E-state index >= 15 is 0 Å². The van der Waals surface area contributed by atoms with Crippen molar-refractivity contribution in [3.05, 3.63) is 72.6 Å². The van der Waals surface area contributed by atoms with Gasteiger partial charge in [-0.15, -0.1) is 11.3 Å². The number of nitrogens with one attached hydrogen (secondary N) is 1. The van der Waals surface area contributed by atoms with Crippen molar-refractivity contribution in [2.24, 2.45) is 0 Å². The molecule has 6 heterocycles. The first kappa shape index (κ1) is 23.7. The number of fused-ring (bicyclic) bond motifs is 1. The predicted octanol–water partition coefficient (Wildman–Crippen LogP) is 3.96. The third-order valence-corrected chi connectivity index (χ3v) is 7.73. The number of pyridine rings is 2. The van der Waals surface area contributed by atoms with Crippen LogP contribution in [0.4, 0.5) is 17.5 Å². The number of nitrogens with zero attached hydrogens (tertiary/aromatic N) is 7. The van der Waals surface area contributed by atoms with Gasteiger partial charge < -0.3 is 14.8 Å². The van der Waals surface area contributed by atoms with Gasteiger partial charge in [0.1, 0.15) is 17.3 Å². The molecule has 0 bridgehead atoms. The van der Waals surface area contributed by atoms with E-state index in [4.69, 9.17) is 9.54 Å². The van der Waals surface area contributed by atoms with Gasteiger partial charge in [-0.3, -0.25) is 9.30 Å². The standard InChI is InChI=1S/C25H24N8O2S2/c34-37(35)17-31-9-11-32(12-10-31)23-6-4-19(14-27-23)29-25-26-8-7-20(30-25)21-15-28-24-5-3-18(16-33(21)24)22-2-1-13-36-22/h1-8,13-16H,9-12,17H2,(H,34,35)(H,26,29,30). The van der Waals surface area contributed by atoms with Gasteiger partial charge in [-0.05, 0) is 41.8 Å². The average Bonchev–Trinajstić information content (AvgIpc) is 3.60. The molecule has 0 aliphatic carbocycles. The van der Waals surface area contributed by atoms with Crippen LogP contribution in [0.3, 0.4) is 0 Å². The Kier molecular flexibility index (Phi) is 6.62. The molecule has 1 atom stereocenters. The quantitative estimate of drug-likeness (QED) is 0.301. The fourth-order valence-electron chi connectivity index (χ4n) is 4.36. The van der Waals surface area contributed by atoms with Crippen LogP contribution < -0.4 is 10.2 Å². The number of aromatic nitrogens is 5. The minimum absolute atomic E-state index is 0.189. The van der Waals surface area contributed by atoms with E-state index in [1.54, 1.807) is 23.7 Å². The molecule has 1 saturated heterocycles. The third kappa shape index (κ3) is 5.23. The fourth-order valence-corrected chi connectivity index (χ4v) is 5.65. The Morgan fingerprint density at radius 2 is 1.89 bits per heavy atom. The first-order valence-electron chi connectivity index (χ1n) is 11.7. The second-order valence-electron chi connectivity index (χ2n) is 8.62. The molecule has 1 aliphatic heterocycles. The van der Waals surface area contributed by atoms with Crippen LogP contribution in [-0.4, -0.2) is 70.1 Å². The molecule has 0 saturated carbocycles. The van der Waals surface area contributed by atoms with Gasteiger partial charge in [0.05, 0.1) is 29.5 Å². The molecule has 0 spiro atoms. The Balaban J connectivity index is 1.17. The number of anilines is 3. The van der Waals surface area contributed by atoms with Crippen molar-refractivity contribution < 1.29 is 8.76 Å². The molecule has 188 valence electrons. The highest BCUT2D eigenvalue weighted by molar-refractivity contribution is 7.79. The van der Waals surface area contributed by atoms with Gasteiger partial charge >= 0.3 is 0 Å². The maximum absolute atomic E-state index is 11.0. The predicted molar refractivity (Wildman–Crippen MR) is 146 cm³/mol. The molecule has 0 radical (unpaired) electrons. The lowest BCUT2D eigenvalue weighted by Gasteiger charge is -2.34. The van der Waals surface area contributed by atoms with Crippen molar-refractivity contribution in [1.29, 1.82) is 0 Å². The van der Waals surface area contributed by atoms with Crippen molar-refractivity contribution in [1.82, 2.24) is 29.2 Å². The summed E-state index contributed by atoms with van der Waals surface area (Å²) >= 11 is -0.0968. The van der Waals surface area contributed by atoms with E-state index in [0.717, 1.165) is 60.3 Å². The summed E-state index contributed by atoms with van der Waals surface area (Å²) in [6, 6.07) is 14.0. The SMILES string of the molecule is O=S(O)CN1CCN(c2ccc(Nc3nccc(-c4cnc5ccc(-c6cccs6)cn45)n3)cn2)CC1. The Morgan fingerprint density at radius 1 is 1.00 bits per heavy atom. The second-order valence-corrected chi connectivity index (χ2v) is 10.5. The van der Waals surface area contributed by atoms with Crippen LogP contribution in [-0.2, 0) is 11.1 Å². The lowest BCUT2D eigenvalue weighted by molar-refractivity contribution is 0.292. The molecule has 10 nitrogen and oxygen atoms in total. The Bertz CT molecular complexity index is 1530. The molecule has 1 fully saturated rings. The third-order valence-electron chi connectivity index (χ3n) is 6.22. The summed E-state index contributed by atoms with van der Waals surface area (Å²) in [6.07, 6.45) is 7.41. The molecule has 1 unspecified atom stereocenters. The van der Waals surface area contributed by atoms with Gasteiger partial charge in [-0.25, -0.2) is 24.1 Å². The van der Waals surface area contributed by atoms with Crippen LogP contribution in [0.15, 0.2) is 72.6 Å². The highest BCUT2D eigenvalue weighted by Crippen LogP contribution is 2.28. The molecular formula is C25H24N8O2S2. The van der Waals surface area contributed by atoms with Gasteiger partial charge in [0.2, 0.25) is 5.95 Å². The zero-order chi connectivity index (χ0) is 25.2. The number of imidazole rings is 1. The van der Waals surface area contributed by atoms with Gasteiger partial charge in [0.25, 0.3) is 0 Å². The first-order valence-corrected chi connectivity index (χ1v) is 13.9. The summed E-state index contributed by atoms with van der Waals surface area (Å²) in [6.45, 7) is 2.98. The second kappa shape index (κ2) is 10.3. The maximum atomic E-state index is 11.0. The van der Waals surface area contributed by atoms with Crippen LogP contribution >= 0.6 is 11.3 Å². The fraction of sp³-hybridized carbons (Fsp3) is 0.200. The Hall–Kier alpha value is -3.71. The van der Waals surface area contributed by atoms with E-state index < -0.39 is 11.1 Å². The summed E-state index contributed by atoms with van der Waals surface area (Å²) in [5.41, 5.74) is 4.42. The van der Waals surface area contributed by atoms with Crippen molar-refractivity contribution in [2.75, 3.05) is 42.3 Å². The van der Waals surface area contributed by atoms with Gasteiger partial charge in [0.15, 0.2) is 11.1 Å². The number of rotatable bonds is 7. The zero-order valence-corrected chi connectivity index (χ0v) is 21.4. The molecule has 12 heteroatoms. The first-order chi connectivity index (χ1) is 18.1. The largest absolute Gasteiger partial charge is 0.354 e. The molecule has 6 rings (SSSR count). The van der Waals surface area contributed by atoms with Gasteiger partial charge in [-0.1, -0.05) is 6.07 Å². The number of thiophene rings is 1. The molecule has 0 amide bonds. The summed E-state index contributed by atoms with van der Waals surface area (Å²) in [4.78, 5) is 23.6.